The van der Waals surface area contributed by atoms with Gasteiger partial charge in [-0.25, -0.2) is 0 Å². The zero-order valence-electron chi connectivity index (χ0n) is 15.7. The molecule has 0 saturated heterocycles. The summed E-state index contributed by atoms with van der Waals surface area (Å²) in [6, 6.07) is 13.6. The summed E-state index contributed by atoms with van der Waals surface area (Å²) in [5, 5.41) is 0. The number of para-hydroxylation sites is 1. The van der Waals surface area contributed by atoms with E-state index in [4.69, 9.17) is 9.47 Å². The van der Waals surface area contributed by atoms with Crippen LogP contribution in [0.15, 0.2) is 42.5 Å². The Morgan fingerprint density at radius 3 is 2.44 bits per heavy atom. The molecule has 5 heteroatoms. The first-order chi connectivity index (χ1) is 13.1. The monoisotopic (exact) mass is 365 g/mol. The Kier molecular flexibility index (Phi) is 4.38. The fourth-order valence-electron chi connectivity index (χ4n) is 4.35. The number of methoxy groups -OCH3 is 2. The van der Waals surface area contributed by atoms with Gasteiger partial charge in [0, 0.05) is 30.2 Å². The van der Waals surface area contributed by atoms with Crippen molar-refractivity contribution in [3.63, 3.8) is 0 Å². The van der Waals surface area contributed by atoms with Crippen LogP contribution < -0.4 is 14.4 Å². The normalized spacial score (nSPS) is 17.9. The number of rotatable bonds is 4. The lowest BCUT2D eigenvalue weighted by Crippen LogP contribution is -2.42. The van der Waals surface area contributed by atoms with E-state index in [2.05, 4.69) is 0 Å². The Morgan fingerprint density at radius 1 is 1.00 bits per heavy atom. The summed E-state index contributed by atoms with van der Waals surface area (Å²) < 4.78 is 10.8. The second-order valence-electron chi connectivity index (χ2n) is 7.21. The highest BCUT2D eigenvalue weighted by Crippen LogP contribution is 2.50. The number of ketones is 1. The number of benzene rings is 2. The molecule has 4 rings (SSSR count). The molecule has 1 fully saturated rings. The molecule has 0 unspecified atom stereocenters. The summed E-state index contributed by atoms with van der Waals surface area (Å²) in [4.78, 5) is 27.1. The maximum Gasteiger partial charge on any atom is 0.238 e. The molecule has 0 atom stereocenters. The number of nitrogens with zero attached hydrogens (tertiary/aromatic N) is 1. The van der Waals surface area contributed by atoms with E-state index in [1.165, 1.54) is 0 Å². The predicted molar refractivity (Wildman–Crippen MR) is 102 cm³/mol. The second-order valence-corrected chi connectivity index (χ2v) is 7.21. The number of Topliss-reactive ketones (excluding diaryl/α,β-unsaturated/α-hetero) is 1. The third kappa shape index (κ3) is 2.78. The molecule has 1 aliphatic carbocycles. The smallest absolute Gasteiger partial charge is 0.238 e. The first kappa shape index (κ1) is 17.6. The lowest BCUT2D eigenvalue weighted by Gasteiger charge is -2.32. The molecule has 0 aromatic heterocycles. The third-order valence-corrected chi connectivity index (χ3v) is 5.85. The molecule has 140 valence electrons. The van der Waals surface area contributed by atoms with Crippen molar-refractivity contribution in [2.24, 2.45) is 0 Å². The maximum absolute atomic E-state index is 13.5. The van der Waals surface area contributed by atoms with Crippen LogP contribution in [0.2, 0.25) is 0 Å². The highest BCUT2D eigenvalue weighted by molar-refractivity contribution is 6.09. The van der Waals surface area contributed by atoms with Gasteiger partial charge in [0.15, 0.2) is 0 Å². The Balaban J connectivity index is 1.72. The zero-order chi connectivity index (χ0) is 19.0. The van der Waals surface area contributed by atoms with Gasteiger partial charge in [-0.15, -0.1) is 0 Å². The molecule has 2 aromatic rings. The van der Waals surface area contributed by atoms with E-state index in [1.54, 1.807) is 14.2 Å². The molecular formula is C22H23NO4. The minimum absolute atomic E-state index is 0.0917. The Hall–Kier alpha value is -2.82. The molecule has 0 N–H and O–H groups in total. The predicted octanol–water partition coefficient (Wildman–Crippen LogP) is 3.63. The highest BCUT2D eigenvalue weighted by atomic mass is 16.5. The average Bonchev–Trinajstić information content (AvgIpc) is 2.93. The number of hydrogen-bond acceptors (Lipinski definition) is 4. The Labute approximate surface area is 158 Å². The molecule has 1 amide bonds. The first-order valence-electron chi connectivity index (χ1n) is 9.23. The molecule has 0 radical (unpaired) electrons. The van der Waals surface area contributed by atoms with Crippen molar-refractivity contribution in [1.29, 1.82) is 0 Å². The molecule has 27 heavy (non-hydrogen) atoms. The number of fused-ring (bicyclic) bond motifs is 2. The van der Waals surface area contributed by atoms with Gasteiger partial charge >= 0.3 is 0 Å². The SMILES string of the molecule is COc1ccc(CN2C(=O)C3(CCC(=O)CC3)c3ccccc32)c(OC)c1. The van der Waals surface area contributed by atoms with Gasteiger partial charge in [-0.05, 0) is 36.6 Å². The van der Waals surface area contributed by atoms with E-state index in [-0.39, 0.29) is 11.7 Å². The second kappa shape index (κ2) is 6.72. The van der Waals surface area contributed by atoms with Crippen molar-refractivity contribution < 1.29 is 19.1 Å². The number of amides is 1. The third-order valence-electron chi connectivity index (χ3n) is 5.85. The molecule has 5 nitrogen and oxygen atoms in total. The summed E-state index contributed by atoms with van der Waals surface area (Å²) in [7, 11) is 3.23. The Bertz CT molecular complexity index is 895. The molecule has 2 aliphatic rings. The molecule has 1 heterocycles. The minimum Gasteiger partial charge on any atom is -0.497 e. The highest BCUT2D eigenvalue weighted by Gasteiger charge is 2.51. The summed E-state index contributed by atoms with van der Waals surface area (Å²) in [5.74, 6) is 1.75. The number of anilines is 1. The van der Waals surface area contributed by atoms with Gasteiger partial charge < -0.3 is 14.4 Å². The van der Waals surface area contributed by atoms with Crippen LogP contribution in [-0.2, 0) is 21.5 Å². The molecule has 0 bridgehead atoms. The van der Waals surface area contributed by atoms with Gasteiger partial charge in [-0.3, -0.25) is 9.59 Å². The number of ether oxygens (including phenoxy) is 2. The van der Waals surface area contributed by atoms with E-state index >= 15 is 0 Å². The average molecular weight is 365 g/mol. The molecule has 1 aliphatic heterocycles. The zero-order valence-corrected chi connectivity index (χ0v) is 15.7. The standard InChI is InChI=1S/C22H23NO4/c1-26-17-8-7-15(20(13-17)27-2)14-23-19-6-4-3-5-18(19)22(21(23)25)11-9-16(24)10-12-22/h3-8,13H,9-12,14H2,1-2H3. The van der Waals surface area contributed by atoms with Crippen molar-refractivity contribution in [2.75, 3.05) is 19.1 Å². The molecule has 1 saturated carbocycles. The van der Waals surface area contributed by atoms with Crippen LogP contribution in [0.5, 0.6) is 11.5 Å². The van der Waals surface area contributed by atoms with Gasteiger partial charge in [0.2, 0.25) is 5.91 Å². The van der Waals surface area contributed by atoms with E-state index in [9.17, 15) is 9.59 Å². The Morgan fingerprint density at radius 2 is 1.74 bits per heavy atom. The van der Waals surface area contributed by atoms with Crippen LogP contribution in [0, 0.1) is 0 Å². The van der Waals surface area contributed by atoms with Crippen molar-refractivity contribution in [2.45, 2.75) is 37.6 Å². The van der Waals surface area contributed by atoms with Crippen LogP contribution in [0.1, 0.15) is 36.8 Å². The summed E-state index contributed by atoms with van der Waals surface area (Å²) in [6.07, 6.45) is 2.13. The lowest BCUT2D eigenvalue weighted by molar-refractivity contribution is -0.127. The molecule has 1 spiro atoms. The quantitative estimate of drug-likeness (QED) is 0.830. The maximum atomic E-state index is 13.5. The van der Waals surface area contributed by atoms with Crippen LogP contribution in [0.25, 0.3) is 0 Å². The van der Waals surface area contributed by atoms with Crippen molar-refractivity contribution in [3.05, 3.63) is 53.6 Å². The van der Waals surface area contributed by atoms with E-state index < -0.39 is 5.41 Å². The minimum atomic E-state index is -0.565. The van der Waals surface area contributed by atoms with E-state index in [0.29, 0.717) is 43.7 Å². The van der Waals surface area contributed by atoms with Crippen molar-refractivity contribution in [3.8, 4) is 11.5 Å². The van der Waals surface area contributed by atoms with E-state index in [1.807, 2.05) is 47.4 Å². The van der Waals surface area contributed by atoms with Gasteiger partial charge in [-0.2, -0.15) is 0 Å². The van der Waals surface area contributed by atoms with Crippen LogP contribution in [0.4, 0.5) is 5.69 Å². The van der Waals surface area contributed by atoms with Crippen LogP contribution in [0.3, 0.4) is 0 Å². The fourth-order valence-corrected chi connectivity index (χ4v) is 4.35. The molecule has 2 aromatic carbocycles. The van der Waals surface area contributed by atoms with Gasteiger partial charge in [0.25, 0.3) is 0 Å². The fraction of sp³-hybridized carbons (Fsp3) is 0.364. The topological polar surface area (TPSA) is 55.8 Å². The van der Waals surface area contributed by atoms with E-state index in [0.717, 1.165) is 16.8 Å². The van der Waals surface area contributed by atoms with Crippen LogP contribution >= 0.6 is 0 Å². The van der Waals surface area contributed by atoms with Crippen molar-refractivity contribution >= 4 is 17.4 Å². The van der Waals surface area contributed by atoms with Crippen LogP contribution in [-0.4, -0.2) is 25.9 Å². The largest absolute Gasteiger partial charge is 0.497 e. The lowest BCUT2D eigenvalue weighted by atomic mass is 9.70. The summed E-state index contributed by atoms with van der Waals surface area (Å²) in [6.45, 7) is 0.429. The first-order valence-corrected chi connectivity index (χ1v) is 9.23. The number of carbonyl (C=O) groups is 2. The summed E-state index contributed by atoms with van der Waals surface area (Å²) >= 11 is 0. The van der Waals surface area contributed by atoms with Gasteiger partial charge in [-0.1, -0.05) is 18.2 Å². The number of hydrogen-bond donors (Lipinski definition) is 0. The van der Waals surface area contributed by atoms with Gasteiger partial charge in [0.1, 0.15) is 17.3 Å². The van der Waals surface area contributed by atoms with Gasteiger partial charge in [0.05, 0.1) is 26.2 Å². The number of carbonyl (C=O) groups excluding carboxylic acids is 2. The van der Waals surface area contributed by atoms with Crippen molar-refractivity contribution in [1.82, 2.24) is 0 Å². The molecular weight excluding hydrogens is 342 g/mol. The summed E-state index contributed by atoms with van der Waals surface area (Å²) in [5.41, 5.74) is 2.35.